The lowest BCUT2D eigenvalue weighted by Crippen LogP contribution is -2.61. The molecule has 1 aliphatic heterocycles. The van der Waals surface area contributed by atoms with Crippen LogP contribution in [0.4, 0.5) is 9.18 Å². The number of hydrogen-bond acceptors (Lipinski definition) is 22. The van der Waals surface area contributed by atoms with Crippen molar-refractivity contribution in [1.82, 2.24) is 15.2 Å². The monoisotopic (exact) mass is 1240 g/mol. The van der Waals surface area contributed by atoms with Crippen LogP contribution in [-0.4, -0.2) is 197 Å². The summed E-state index contributed by atoms with van der Waals surface area (Å²) in [5, 5.41) is 95.2. The molecule has 3 amide bonds. The van der Waals surface area contributed by atoms with Crippen LogP contribution in [0, 0.1) is 24.6 Å². The van der Waals surface area contributed by atoms with Crippen LogP contribution in [0.5, 0.6) is 11.5 Å². The summed E-state index contributed by atoms with van der Waals surface area (Å²) in [5.41, 5.74) is 8.30. The maximum atomic E-state index is 15.1. The number of aliphatic hydroxyl groups is 9. The summed E-state index contributed by atoms with van der Waals surface area (Å²) in [6.45, 7) is 2.10. The standard InChI is InChI=1S/C60H74ClFN4O21/c1-30-18-35(11-14-42(30)61)19-38(70)21-36-12-13-39(24-43(36)62)85-40-15-16-64-44(25-40)45(71)6-5-17-66(4)60(83)84-29-34-9-7-33(8-10-34)20-47(73)37(23-51(63)76)22-46(72)31(2)65-58(82)41(32(3)69)26-48(74)52(77)55(80)57(49(75)27-67)87-59-56(81)54(79)53(78)50(28-68)86-59/h7-16,18,24-25,31-32,37,41,49-50,52-57,59,67-69,75,77-81H,5-6,17,19-23,26-29H2,1-4H3,(H2,63,76)(H,65,82)/t31?,32?,37?,41?,49-,50-,52+,53+,54+,55+,56-,57+,59+/m1/s1. The van der Waals surface area contributed by atoms with Crippen molar-refractivity contribution in [2.45, 2.75) is 146 Å². The number of carbonyl (C=O) groups excluding carboxylic acids is 8. The number of pyridine rings is 1. The largest absolute Gasteiger partial charge is 0.457 e. The summed E-state index contributed by atoms with van der Waals surface area (Å²) in [6.07, 6.45) is -21.6. The predicted molar refractivity (Wildman–Crippen MR) is 304 cm³/mol. The van der Waals surface area contributed by atoms with Gasteiger partial charge in [0.25, 0.3) is 0 Å². The topological polar surface area (TPSA) is 410 Å². The molecule has 13 atom stereocenters. The number of aromatic nitrogens is 1. The first-order chi connectivity index (χ1) is 41.1. The van der Waals surface area contributed by atoms with Gasteiger partial charge in [-0.05, 0) is 73.2 Å². The van der Waals surface area contributed by atoms with Gasteiger partial charge in [0.15, 0.2) is 23.6 Å². The molecular weight excluding hydrogens is 1170 g/mol. The fourth-order valence-corrected chi connectivity index (χ4v) is 9.38. The lowest BCUT2D eigenvalue weighted by atomic mass is 9.88. The molecule has 4 unspecified atom stereocenters. The number of primary amides is 1. The van der Waals surface area contributed by atoms with Crippen LogP contribution in [0.1, 0.15) is 84.3 Å². The molecule has 1 aromatic heterocycles. The zero-order valence-electron chi connectivity index (χ0n) is 48.1. The number of nitrogens with zero attached hydrogens (tertiary/aromatic N) is 2. The highest BCUT2D eigenvalue weighted by Crippen LogP contribution is 2.28. The van der Waals surface area contributed by atoms with Gasteiger partial charge in [0.1, 0.15) is 90.0 Å². The van der Waals surface area contributed by atoms with E-state index in [0.29, 0.717) is 16.1 Å². The Kier molecular flexibility index (Phi) is 27.1. The van der Waals surface area contributed by atoms with E-state index in [-0.39, 0.29) is 79.6 Å². The second kappa shape index (κ2) is 33.3. The molecule has 0 spiro atoms. The molecular formula is C60H74ClFN4O21. The maximum Gasteiger partial charge on any atom is 0.409 e. The van der Waals surface area contributed by atoms with Crippen molar-refractivity contribution < 1.29 is 108 Å². The first kappa shape index (κ1) is 70.7. The number of benzene rings is 3. The summed E-state index contributed by atoms with van der Waals surface area (Å²) in [4.78, 5) is 110. The predicted octanol–water partition coefficient (Wildman–Crippen LogP) is 0.844. The van der Waals surface area contributed by atoms with Crippen molar-refractivity contribution in [3.8, 4) is 11.5 Å². The molecule has 27 heteroatoms. The highest BCUT2D eigenvalue weighted by Gasteiger charge is 2.48. The molecule has 87 heavy (non-hydrogen) atoms. The Morgan fingerprint density at radius 1 is 0.793 bits per heavy atom. The van der Waals surface area contributed by atoms with Gasteiger partial charge in [0.05, 0.1) is 31.3 Å². The van der Waals surface area contributed by atoms with Crippen LogP contribution in [-0.2, 0) is 68.8 Å². The molecule has 2 heterocycles. The number of aryl methyl sites for hydroxylation is 1. The molecule has 1 aliphatic rings. The highest BCUT2D eigenvalue weighted by molar-refractivity contribution is 6.31. The number of Topliss-reactive ketones (excluding diaryl/α,β-unsaturated/α-hetero) is 5. The van der Waals surface area contributed by atoms with E-state index in [0.717, 1.165) is 24.1 Å². The normalized spacial score (nSPS) is 19.5. The van der Waals surface area contributed by atoms with Crippen molar-refractivity contribution in [3.05, 3.63) is 123 Å². The first-order valence-electron chi connectivity index (χ1n) is 27.7. The third kappa shape index (κ3) is 20.8. The fraction of sp³-hybridized carbons (Fsp3) is 0.483. The lowest BCUT2D eigenvalue weighted by Gasteiger charge is -2.42. The van der Waals surface area contributed by atoms with E-state index in [4.69, 9.17) is 36.3 Å². The van der Waals surface area contributed by atoms with Gasteiger partial charge in [-0.15, -0.1) is 0 Å². The van der Waals surface area contributed by atoms with Crippen LogP contribution < -0.4 is 15.8 Å². The van der Waals surface area contributed by atoms with Crippen molar-refractivity contribution >= 4 is 58.4 Å². The Balaban J connectivity index is 1.05. The van der Waals surface area contributed by atoms with Gasteiger partial charge in [-0.2, -0.15) is 0 Å². The van der Waals surface area contributed by atoms with Crippen molar-refractivity contribution in [3.63, 3.8) is 0 Å². The Labute approximate surface area is 504 Å². The summed E-state index contributed by atoms with van der Waals surface area (Å²) in [6, 6.07) is 17.2. The van der Waals surface area contributed by atoms with E-state index in [2.05, 4.69) is 10.3 Å². The lowest BCUT2D eigenvalue weighted by molar-refractivity contribution is -0.326. The second-order valence-electron chi connectivity index (χ2n) is 21.4. The van der Waals surface area contributed by atoms with Crippen LogP contribution in [0.15, 0.2) is 79.0 Å². The van der Waals surface area contributed by atoms with Crippen LogP contribution >= 0.6 is 11.6 Å². The zero-order valence-corrected chi connectivity index (χ0v) is 48.9. The minimum absolute atomic E-state index is 0.00436. The second-order valence-corrected chi connectivity index (χ2v) is 21.8. The van der Waals surface area contributed by atoms with Gasteiger partial charge in [-0.1, -0.05) is 54.1 Å². The average Bonchev–Trinajstić information content (AvgIpc) is 2.27. The number of ketones is 5. The molecule has 4 aromatic rings. The molecule has 12 N–H and O–H groups in total. The van der Waals surface area contributed by atoms with Gasteiger partial charge >= 0.3 is 6.09 Å². The third-order valence-corrected chi connectivity index (χ3v) is 14.9. The molecule has 0 aliphatic carbocycles. The highest BCUT2D eigenvalue weighted by atomic mass is 35.5. The molecule has 1 saturated heterocycles. The number of halogens is 2. The van der Waals surface area contributed by atoms with E-state index in [1.165, 1.54) is 49.3 Å². The first-order valence-corrected chi connectivity index (χ1v) is 28.1. The van der Waals surface area contributed by atoms with Crippen LogP contribution in [0.25, 0.3) is 0 Å². The van der Waals surface area contributed by atoms with Gasteiger partial charge in [0.2, 0.25) is 11.8 Å². The summed E-state index contributed by atoms with van der Waals surface area (Å²) < 4.78 is 36.8. The van der Waals surface area contributed by atoms with E-state index >= 15 is 4.39 Å². The van der Waals surface area contributed by atoms with Crippen molar-refractivity contribution in [1.29, 1.82) is 0 Å². The maximum absolute atomic E-state index is 15.1. The number of hydrogen-bond donors (Lipinski definition) is 11. The number of ether oxygens (including phenoxy) is 4. The Hall–Kier alpha value is -7.05. The molecule has 0 saturated carbocycles. The van der Waals surface area contributed by atoms with Gasteiger partial charge in [0, 0.05) is 87.8 Å². The van der Waals surface area contributed by atoms with Crippen LogP contribution in [0.3, 0.4) is 0 Å². The third-order valence-electron chi connectivity index (χ3n) is 14.5. The number of carbonyl (C=O) groups is 8. The van der Waals surface area contributed by atoms with Crippen LogP contribution in [0.2, 0.25) is 5.02 Å². The number of amides is 3. The van der Waals surface area contributed by atoms with Gasteiger partial charge in [-0.3, -0.25) is 38.5 Å². The van der Waals surface area contributed by atoms with Crippen molar-refractivity contribution in [2.75, 3.05) is 26.8 Å². The average molecular weight is 1240 g/mol. The Morgan fingerprint density at radius 3 is 2.09 bits per heavy atom. The summed E-state index contributed by atoms with van der Waals surface area (Å²) in [5.74, 6) is -8.38. The molecule has 1 fully saturated rings. The molecule has 474 valence electrons. The number of nitrogens with two attached hydrogens (primary N) is 1. The van der Waals surface area contributed by atoms with E-state index in [1.54, 1.807) is 36.4 Å². The van der Waals surface area contributed by atoms with Gasteiger partial charge < -0.3 is 80.9 Å². The van der Waals surface area contributed by atoms with E-state index in [9.17, 15) is 84.3 Å². The van der Waals surface area contributed by atoms with Crippen molar-refractivity contribution in [2.24, 2.45) is 17.6 Å². The Bertz CT molecular complexity index is 3040. The zero-order chi connectivity index (χ0) is 64.4. The number of aliphatic hydroxyl groups excluding tert-OH is 9. The van der Waals surface area contributed by atoms with E-state index in [1.807, 2.05) is 13.0 Å². The summed E-state index contributed by atoms with van der Waals surface area (Å²) in [7, 11) is 1.48. The van der Waals surface area contributed by atoms with Gasteiger partial charge in [-0.25, -0.2) is 9.18 Å². The molecule has 0 radical (unpaired) electrons. The molecule has 3 aromatic carbocycles. The number of nitrogens with one attached hydrogen (secondary N) is 1. The Morgan fingerprint density at radius 2 is 1.46 bits per heavy atom. The smallest absolute Gasteiger partial charge is 0.409 e. The van der Waals surface area contributed by atoms with E-state index < -0.39 is 153 Å². The molecule has 0 bridgehead atoms. The minimum Gasteiger partial charge on any atom is -0.457 e. The fourth-order valence-electron chi connectivity index (χ4n) is 9.26. The summed E-state index contributed by atoms with van der Waals surface area (Å²) >= 11 is 6.08. The SMILES string of the molecule is Cc1cc(CC(=O)Cc2ccc(Oc3ccnc(C(=O)CCCN(C)C(=O)OCc4ccc(CC(=O)C(CC(N)=O)CC(=O)C(C)NC(=O)C(CC(=O)[C@H](O)[C@H](O)[C@@H](O[C@@H]5O[C@H](CO)[C@H](O)[C@H](O)[C@H]5O)[C@H](O)CO)C(C)O)cc4)c3)cc2F)ccc1Cl. The molecule has 25 nitrogen and oxygen atoms in total. The quantitative estimate of drug-likeness (QED) is 0.0289. The minimum atomic E-state index is -2.50. The number of rotatable bonds is 34. The molecule has 5 rings (SSSR count).